The van der Waals surface area contributed by atoms with E-state index in [-0.39, 0.29) is 6.73 Å². The predicted molar refractivity (Wildman–Crippen MR) is 57.9 cm³/mol. The van der Waals surface area contributed by atoms with Gasteiger partial charge >= 0.3 is 7.32 Å². The van der Waals surface area contributed by atoms with Gasteiger partial charge in [0.2, 0.25) is 0 Å². The number of aromatic hydroxyl groups is 1. The van der Waals surface area contributed by atoms with Gasteiger partial charge in [-0.3, -0.25) is 4.90 Å². The summed E-state index contributed by atoms with van der Waals surface area (Å²) in [4.78, 5) is 1.68. The van der Waals surface area contributed by atoms with Crippen LogP contribution in [0.5, 0.6) is 5.75 Å². The molecule has 0 aliphatic heterocycles. The molecule has 6 heteroatoms. The molecule has 0 heterocycles. The lowest BCUT2D eigenvalue weighted by atomic mass is 10.3. The fourth-order valence-corrected chi connectivity index (χ4v) is 0.644. The van der Waals surface area contributed by atoms with Crippen molar-refractivity contribution < 1.29 is 19.8 Å². The van der Waals surface area contributed by atoms with Crippen LogP contribution in [0.2, 0.25) is 0 Å². The Kier molecular flexibility index (Phi) is 7.66. The van der Waals surface area contributed by atoms with Crippen LogP contribution in [0.3, 0.4) is 0 Å². The van der Waals surface area contributed by atoms with Gasteiger partial charge in [0.05, 0.1) is 6.73 Å². The summed E-state index contributed by atoms with van der Waals surface area (Å²) >= 11 is 0. The van der Waals surface area contributed by atoms with E-state index in [9.17, 15) is 0 Å². The Hall–Kier alpha value is -1.08. The van der Waals surface area contributed by atoms with Crippen molar-refractivity contribution in [3.8, 4) is 5.75 Å². The van der Waals surface area contributed by atoms with E-state index in [0.717, 1.165) is 0 Å². The maximum absolute atomic E-state index is 8.63. The average Bonchev–Trinajstić information content (AvgIpc) is 2.17. The first-order valence-electron chi connectivity index (χ1n) is 4.39. The molecule has 15 heavy (non-hydrogen) atoms. The molecule has 0 aromatic heterocycles. The molecule has 0 saturated carbocycles. The minimum absolute atomic E-state index is 0.220. The quantitative estimate of drug-likeness (QED) is 0.482. The van der Waals surface area contributed by atoms with Gasteiger partial charge in [-0.25, -0.2) is 0 Å². The third kappa shape index (κ3) is 10.8. The highest BCUT2D eigenvalue weighted by Crippen LogP contribution is 2.02. The van der Waals surface area contributed by atoms with Crippen molar-refractivity contribution in [1.82, 2.24) is 4.90 Å². The first-order valence-corrected chi connectivity index (χ1v) is 4.39. The molecular formula is C9H16BNO4. The van der Waals surface area contributed by atoms with E-state index in [1.165, 1.54) is 0 Å². The molecule has 0 amide bonds. The van der Waals surface area contributed by atoms with Crippen molar-refractivity contribution in [2.75, 3.05) is 20.8 Å². The molecule has 5 nitrogen and oxygen atoms in total. The van der Waals surface area contributed by atoms with Crippen LogP contribution < -0.4 is 0 Å². The van der Waals surface area contributed by atoms with Crippen LogP contribution in [0.1, 0.15) is 0 Å². The fraction of sp³-hybridized carbons (Fsp3) is 0.333. The van der Waals surface area contributed by atoms with Crippen molar-refractivity contribution in [3.05, 3.63) is 30.3 Å². The normalized spacial score (nSPS) is 9.40. The monoisotopic (exact) mass is 213 g/mol. The van der Waals surface area contributed by atoms with Crippen LogP contribution in [0.15, 0.2) is 30.3 Å². The molecule has 3 N–H and O–H groups in total. The molecule has 0 aliphatic carbocycles. The van der Waals surface area contributed by atoms with Crippen molar-refractivity contribution in [2.24, 2.45) is 0 Å². The average molecular weight is 213 g/mol. The number of rotatable bonds is 3. The summed E-state index contributed by atoms with van der Waals surface area (Å²) in [6, 6.07) is 8.71. The molecule has 0 aliphatic rings. The van der Waals surface area contributed by atoms with Gasteiger partial charge in [-0.1, -0.05) is 18.2 Å². The van der Waals surface area contributed by atoms with E-state index in [1.54, 1.807) is 43.3 Å². The zero-order valence-electron chi connectivity index (χ0n) is 8.87. The number of benzene rings is 1. The Labute approximate surface area is 89.7 Å². The number of phenolic OH excluding ortho intramolecular Hbond substituents is 1. The lowest BCUT2D eigenvalue weighted by Gasteiger charge is -2.08. The summed E-state index contributed by atoms with van der Waals surface area (Å²) in [5, 5.41) is 24.8. The van der Waals surface area contributed by atoms with Crippen LogP contribution in [0.25, 0.3) is 0 Å². The highest BCUT2D eigenvalue weighted by molar-refractivity contribution is 6.32. The van der Waals surface area contributed by atoms with E-state index in [2.05, 4.69) is 4.65 Å². The first-order chi connectivity index (χ1) is 7.02. The molecule has 0 spiro atoms. The van der Waals surface area contributed by atoms with Crippen LogP contribution >= 0.6 is 0 Å². The molecule has 0 radical (unpaired) electrons. The van der Waals surface area contributed by atoms with Gasteiger partial charge in [-0.15, -0.1) is 0 Å². The number of hydrogen-bond acceptors (Lipinski definition) is 5. The van der Waals surface area contributed by atoms with Gasteiger partial charge in [0.25, 0.3) is 0 Å². The smallest absolute Gasteiger partial charge is 0.508 e. The van der Waals surface area contributed by atoms with Gasteiger partial charge in [0.1, 0.15) is 5.75 Å². The minimum Gasteiger partial charge on any atom is -0.508 e. The second kappa shape index (κ2) is 8.25. The van der Waals surface area contributed by atoms with Crippen LogP contribution in [-0.2, 0) is 4.65 Å². The molecule has 0 fully saturated rings. The first kappa shape index (κ1) is 13.9. The lowest BCUT2D eigenvalue weighted by molar-refractivity contribution is 0.113. The number of hydrogen-bond donors (Lipinski definition) is 3. The Morgan fingerprint density at radius 2 is 1.73 bits per heavy atom. The maximum atomic E-state index is 8.63. The summed E-state index contributed by atoms with van der Waals surface area (Å²) < 4.78 is 4.34. The van der Waals surface area contributed by atoms with E-state index in [4.69, 9.17) is 15.2 Å². The summed E-state index contributed by atoms with van der Waals surface area (Å²) in [7, 11) is 1.88. The van der Waals surface area contributed by atoms with E-state index in [1.807, 2.05) is 6.07 Å². The van der Waals surface area contributed by atoms with Crippen LogP contribution in [-0.4, -0.2) is 48.2 Å². The third-order valence-electron chi connectivity index (χ3n) is 1.24. The van der Waals surface area contributed by atoms with Gasteiger partial charge in [0.15, 0.2) is 0 Å². The predicted octanol–water partition coefficient (Wildman–Crippen LogP) is -0.116. The molecular weight excluding hydrogens is 197 g/mol. The minimum atomic E-state index is -1.66. The van der Waals surface area contributed by atoms with Crippen molar-refractivity contribution >= 4 is 7.32 Å². The number of para-hydroxylation sites is 1. The molecule has 0 saturated heterocycles. The van der Waals surface area contributed by atoms with Crippen LogP contribution in [0.4, 0.5) is 0 Å². The molecule has 1 aromatic carbocycles. The van der Waals surface area contributed by atoms with E-state index in [0.29, 0.717) is 5.75 Å². The van der Waals surface area contributed by atoms with E-state index >= 15 is 0 Å². The Morgan fingerprint density at radius 1 is 1.20 bits per heavy atom. The van der Waals surface area contributed by atoms with Crippen molar-refractivity contribution in [2.45, 2.75) is 0 Å². The van der Waals surface area contributed by atoms with Crippen LogP contribution in [0, 0.1) is 0 Å². The highest BCUT2D eigenvalue weighted by atomic mass is 16.6. The van der Waals surface area contributed by atoms with Gasteiger partial charge in [-0.2, -0.15) is 0 Å². The standard InChI is InChI=1S/C6H6O.C3H10BNO3/c7-6-4-2-1-3-5-6;1-5(2)3-8-4(6)7/h1-5,7H;6-7H,3H2,1-2H3. The molecule has 0 atom stereocenters. The Morgan fingerprint density at radius 3 is 1.93 bits per heavy atom. The number of nitrogens with zero attached hydrogens (tertiary/aromatic N) is 1. The zero-order valence-corrected chi connectivity index (χ0v) is 8.87. The Balaban J connectivity index is 0.000000262. The SMILES string of the molecule is CN(C)COB(O)O.Oc1ccccc1. The summed E-state index contributed by atoms with van der Waals surface area (Å²) in [6.45, 7) is 0.220. The summed E-state index contributed by atoms with van der Waals surface area (Å²) in [6.07, 6.45) is 0. The lowest BCUT2D eigenvalue weighted by Crippen LogP contribution is -2.25. The zero-order chi connectivity index (χ0) is 11.7. The second-order valence-corrected chi connectivity index (χ2v) is 3.04. The summed E-state index contributed by atoms with van der Waals surface area (Å²) in [5.41, 5.74) is 0. The molecule has 84 valence electrons. The molecule has 1 aromatic rings. The van der Waals surface area contributed by atoms with Crippen molar-refractivity contribution in [3.63, 3.8) is 0 Å². The van der Waals surface area contributed by atoms with Crippen molar-refractivity contribution in [1.29, 1.82) is 0 Å². The molecule has 1 rings (SSSR count). The largest absolute Gasteiger partial charge is 0.634 e. The third-order valence-corrected chi connectivity index (χ3v) is 1.24. The molecule has 0 unspecified atom stereocenters. The topological polar surface area (TPSA) is 73.2 Å². The molecule has 0 bridgehead atoms. The number of phenols is 1. The summed E-state index contributed by atoms with van der Waals surface area (Å²) in [5.74, 6) is 0.322. The van der Waals surface area contributed by atoms with Gasteiger partial charge in [0, 0.05) is 0 Å². The Bertz CT molecular complexity index is 235. The maximum Gasteiger partial charge on any atom is 0.634 e. The van der Waals surface area contributed by atoms with Gasteiger partial charge < -0.3 is 19.8 Å². The van der Waals surface area contributed by atoms with E-state index < -0.39 is 7.32 Å². The fourth-order valence-electron chi connectivity index (χ4n) is 0.644. The van der Waals surface area contributed by atoms with Gasteiger partial charge in [-0.05, 0) is 26.2 Å². The highest BCUT2D eigenvalue weighted by Gasteiger charge is 2.06. The second-order valence-electron chi connectivity index (χ2n) is 3.04.